The predicted molar refractivity (Wildman–Crippen MR) is 119 cm³/mol. The summed E-state index contributed by atoms with van der Waals surface area (Å²) in [6.07, 6.45) is 13.2. The molecule has 0 bridgehead atoms. The summed E-state index contributed by atoms with van der Waals surface area (Å²) in [7, 11) is 0. The molecular formula is C27H35FO. The van der Waals surface area contributed by atoms with Crippen molar-refractivity contribution < 1.29 is 9.18 Å². The van der Waals surface area contributed by atoms with Gasteiger partial charge in [0.1, 0.15) is 11.6 Å². The largest absolute Gasteiger partial charge is 0.300 e. The minimum Gasteiger partial charge on any atom is -0.300 e. The fraction of sp³-hybridized carbons (Fsp3) is 0.519. The highest BCUT2D eigenvalue weighted by Crippen LogP contribution is 2.40. The van der Waals surface area contributed by atoms with Gasteiger partial charge in [-0.15, -0.1) is 0 Å². The maximum Gasteiger partial charge on any atom is 0.133 e. The number of carbonyl (C=O) groups excluding carboxylic acids is 1. The summed E-state index contributed by atoms with van der Waals surface area (Å²) in [6.45, 7) is 6.59. The highest BCUT2D eigenvalue weighted by molar-refractivity contribution is 5.78. The average Bonchev–Trinajstić information content (AvgIpc) is 2.67. The Hall–Kier alpha value is -1.96. The first-order chi connectivity index (χ1) is 13.9. The van der Waals surface area contributed by atoms with Gasteiger partial charge in [0, 0.05) is 12.8 Å². The van der Waals surface area contributed by atoms with Crippen LogP contribution in [0.15, 0.2) is 58.7 Å². The second-order valence-electron chi connectivity index (χ2n) is 9.36. The lowest BCUT2D eigenvalue weighted by atomic mass is 9.75. The van der Waals surface area contributed by atoms with Crippen molar-refractivity contribution in [3.8, 4) is 0 Å². The summed E-state index contributed by atoms with van der Waals surface area (Å²) >= 11 is 0. The number of benzene rings is 1. The van der Waals surface area contributed by atoms with E-state index in [9.17, 15) is 9.18 Å². The van der Waals surface area contributed by atoms with Crippen molar-refractivity contribution in [1.29, 1.82) is 0 Å². The molecule has 1 atom stereocenters. The SMILES string of the molecule is CC1=CCC=C(Cc2ccc(F)cc2)C2=C(CCC(CC(=O)CCC(C)C)C2)C1. The third-order valence-electron chi connectivity index (χ3n) is 6.31. The first-order valence-corrected chi connectivity index (χ1v) is 11.2. The van der Waals surface area contributed by atoms with E-state index in [2.05, 4.69) is 32.9 Å². The Balaban J connectivity index is 1.76. The summed E-state index contributed by atoms with van der Waals surface area (Å²) in [4.78, 5) is 12.5. The maximum absolute atomic E-state index is 13.3. The second-order valence-corrected chi connectivity index (χ2v) is 9.36. The van der Waals surface area contributed by atoms with E-state index in [-0.39, 0.29) is 5.82 Å². The van der Waals surface area contributed by atoms with Gasteiger partial charge in [-0.25, -0.2) is 4.39 Å². The third kappa shape index (κ3) is 6.52. The van der Waals surface area contributed by atoms with Gasteiger partial charge >= 0.3 is 0 Å². The van der Waals surface area contributed by atoms with Crippen LogP contribution in [0, 0.1) is 17.7 Å². The molecule has 1 unspecified atom stereocenters. The van der Waals surface area contributed by atoms with Crippen LogP contribution >= 0.6 is 0 Å². The monoisotopic (exact) mass is 394 g/mol. The summed E-state index contributed by atoms with van der Waals surface area (Å²) in [5, 5.41) is 0. The molecule has 0 saturated carbocycles. The first-order valence-electron chi connectivity index (χ1n) is 11.2. The van der Waals surface area contributed by atoms with Crippen molar-refractivity contribution in [2.24, 2.45) is 11.8 Å². The van der Waals surface area contributed by atoms with E-state index >= 15 is 0 Å². The molecule has 0 saturated heterocycles. The highest BCUT2D eigenvalue weighted by Gasteiger charge is 2.25. The average molecular weight is 395 g/mol. The molecule has 3 rings (SSSR count). The van der Waals surface area contributed by atoms with E-state index in [1.807, 2.05) is 12.1 Å². The number of hydrogen-bond acceptors (Lipinski definition) is 1. The van der Waals surface area contributed by atoms with E-state index in [4.69, 9.17) is 0 Å². The normalized spacial score (nSPS) is 20.0. The van der Waals surface area contributed by atoms with E-state index in [1.54, 1.807) is 17.7 Å². The van der Waals surface area contributed by atoms with Crippen molar-refractivity contribution >= 4 is 5.78 Å². The van der Waals surface area contributed by atoms with Crippen molar-refractivity contribution in [3.63, 3.8) is 0 Å². The van der Waals surface area contributed by atoms with Gasteiger partial charge < -0.3 is 0 Å². The van der Waals surface area contributed by atoms with Crippen LogP contribution in [0.4, 0.5) is 4.39 Å². The quantitative estimate of drug-likeness (QED) is 0.437. The van der Waals surface area contributed by atoms with Crippen LogP contribution < -0.4 is 0 Å². The van der Waals surface area contributed by atoms with Gasteiger partial charge in [-0.1, -0.05) is 49.3 Å². The van der Waals surface area contributed by atoms with Gasteiger partial charge in [0.2, 0.25) is 0 Å². The van der Waals surface area contributed by atoms with Gasteiger partial charge in [-0.2, -0.15) is 0 Å². The maximum atomic E-state index is 13.3. The molecule has 0 radical (unpaired) electrons. The van der Waals surface area contributed by atoms with Gasteiger partial charge in [-0.05, 0) is 92.5 Å². The van der Waals surface area contributed by atoms with Crippen LogP contribution in [0.5, 0.6) is 0 Å². The zero-order valence-electron chi connectivity index (χ0n) is 18.3. The lowest BCUT2D eigenvalue weighted by Crippen LogP contribution is -2.17. The summed E-state index contributed by atoms with van der Waals surface area (Å²) in [5.74, 6) is 1.30. The number of allylic oxidation sites excluding steroid dienone is 6. The van der Waals surface area contributed by atoms with Crippen LogP contribution in [-0.4, -0.2) is 5.78 Å². The lowest BCUT2D eigenvalue weighted by Gasteiger charge is -2.30. The van der Waals surface area contributed by atoms with Gasteiger partial charge in [0.25, 0.3) is 0 Å². The molecule has 0 fully saturated rings. The Bertz CT molecular complexity index is 807. The summed E-state index contributed by atoms with van der Waals surface area (Å²) in [5.41, 5.74) is 7.02. The Morgan fingerprint density at radius 3 is 2.66 bits per heavy atom. The second kappa shape index (κ2) is 10.2. The zero-order valence-corrected chi connectivity index (χ0v) is 18.3. The molecule has 1 aromatic rings. The Labute approximate surface area is 175 Å². The Kier molecular flexibility index (Phi) is 7.64. The zero-order chi connectivity index (χ0) is 20.8. The number of halogens is 1. The van der Waals surface area contributed by atoms with E-state index in [0.717, 1.165) is 63.4 Å². The number of rotatable bonds is 7. The van der Waals surface area contributed by atoms with Gasteiger partial charge in [0.15, 0.2) is 0 Å². The van der Waals surface area contributed by atoms with Crippen LogP contribution in [0.3, 0.4) is 0 Å². The first kappa shape index (κ1) is 21.7. The molecule has 1 nitrogen and oxygen atoms in total. The molecule has 0 amide bonds. The summed E-state index contributed by atoms with van der Waals surface area (Å²) in [6, 6.07) is 6.89. The fourth-order valence-electron chi connectivity index (χ4n) is 4.60. The Morgan fingerprint density at radius 2 is 1.93 bits per heavy atom. The van der Waals surface area contributed by atoms with E-state index < -0.39 is 0 Å². The van der Waals surface area contributed by atoms with Gasteiger partial charge in [0.05, 0.1) is 0 Å². The van der Waals surface area contributed by atoms with Crippen molar-refractivity contribution in [3.05, 3.63) is 70.1 Å². The minimum absolute atomic E-state index is 0.184. The number of carbonyl (C=O) groups is 1. The van der Waals surface area contributed by atoms with E-state index in [0.29, 0.717) is 17.6 Å². The molecule has 0 aromatic heterocycles. The van der Waals surface area contributed by atoms with Crippen LogP contribution in [0.1, 0.15) is 77.7 Å². The smallest absolute Gasteiger partial charge is 0.133 e. The number of ketones is 1. The molecule has 2 heteroatoms. The molecule has 156 valence electrons. The molecule has 2 aliphatic carbocycles. The Morgan fingerprint density at radius 1 is 1.17 bits per heavy atom. The topological polar surface area (TPSA) is 17.1 Å². The van der Waals surface area contributed by atoms with Crippen LogP contribution in [0.25, 0.3) is 0 Å². The third-order valence-corrected chi connectivity index (χ3v) is 6.31. The fourth-order valence-corrected chi connectivity index (χ4v) is 4.60. The molecule has 0 spiro atoms. The molecule has 1 aromatic carbocycles. The predicted octanol–water partition coefficient (Wildman–Crippen LogP) is 7.53. The molecule has 2 aliphatic rings. The van der Waals surface area contributed by atoms with Crippen molar-refractivity contribution in [2.45, 2.75) is 78.6 Å². The van der Waals surface area contributed by atoms with E-state index in [1.165, 1.54) is 16.7 Å². The molecule has 0 N–H and O–H groups in total. The number of hydrogen-bond donors (Lipinski definition) is 0. The lowest BCUT2D eigenvalue weighted by molar-refractivity contribution is -0.120. The molecular weight excluding hydrogens is 359 g/mol. The standard InChI is InChI=1S/C27H35FO/c1-19(2)7-14-26(29)17-22-8-11-24-15-20(3)5-4-6-23(27(24)18-22)16-21-9-12-25(28)13-10-21/h5-6,9-10,12-13,19,22H,4,7-8,11,14-18H2,1-3H3. The van der Waals surface area contributed by atoms with Gasteiger partial charge in [-0.3, -0.25) is 4.79 Å². The van der Waals surface area contributed by atoms with Crippen LogP contribution in [0.2, 0.25) is 0 Å². The minimum atomic E-state index is -0.184. The van der Waals surface area contributed by atoms with Crippen LogP contribution in [-0.2, 0) is 11.2 Å². The van der Waals surface area contributed by atoms with Crippen molar-refractivity contribution in [2.75, 3.05) is 0 Å². The molecule has 0 aliphatic heterocycles. The number of Topliss-reactive ketones (excluding diaryl/α,β-unsaturated/α-hetero) is 1. The summed E-state index contributed by atoms with van der Waals surface area (Å²) < 4.78 is 13.3. The highest BCUT2D eigenvalue weighted by atomic mass is 19.1. The molecule has 29 heavy (non-hydrogen) atoms. The molecule has 0 heterocycles. The van der Waals surface area contributed by atoms with Crippen molar-refractivity contribution in [1.82, 2.24) is 0 Å².